The molecule has 0 saturated heterocycles. The maximum absolute atomic E-state index is 5.11. The summed E-state index contributed by atoms with van der Waals surface area (Å²) in [6.45, 7) is 0. The Morgan fingerprint density at radius 3 is 2.06 bits per heavy atom. The summed E-state index contributed by atoms with van der Waals surface area (Å²) >= 11 is 0. The summed E-state index contributed by atoms with van der Waals surface area (Å²) in [5.74, 6) is 5.11. The van der Waals surface area contributed by atoms with Crippen molar-refractivity contribution >= 4 is 5.71 Å². The minimum Gasteiger partial charge on any atom is -0.284 e. The van der Waals surface area contributed by atoms with Crippen molar-refractivity contribution in [2.24, 2.45) is 11.0 Å². The molecule has 1 aliphatic carbocycles. The van der Waals surface area contributed by atoms with Gasteiger partial charge in [0.1, 0.15) is 5.71 Å². The van der Waals surface area contributed by atoms with Crippen LogP contribution < -0.4 is 11.4 Å². The quantitative estimate of drug-likeness (QED) is 0.529. The van der Waals surface area contributed by atoms with E-state index in [2.05, 4.69) is 22.9 Å². The summed E-state index contributed by atoms with van der Waals surface area (Å²) in [4.78, 5) is 4.80. The summed E-state index contributed by atoms with van der Waals surface area (Å²) < 4.78 is 0. The van der Waals surface area contributed by atoms with E-state index in [0.29, 0.717) is 0 Å². The van der Waals surface area contributed by atoms with Gasteiger partial charge in [0.15, 0.2) is 0 Å². The lowest BCUT2D eigenvalue weighted by Gasteiger charge is -2.20. The third-order valence-electron chi connectivity index (χ3n) is 3.12. The topological polar surface area (TPSA) is 59.6 Å². The van der Waals surface area contributed by atoms with Crippen molar-refractivity contribution in [1.29, 1.82) is 0 Å². The van der Waals surface area contributed by atoms with Gasteiger partial charge in [-0.25, -0.2) is 5.84 Å². The van der Waals surface area contributed by atoms with E-state index in [0.717, 1.165) is 23.3 Å². The second-order valence-electron chi connectivity index (χ2n) is 4.14. The van der Waals surface area contributed by atoms with Gasteiger partial charge >= 0.3 is 0 Å². The van der Waals surface area contributed by atoms with Gasteiger partial charge in [0.05, 0.1) is 0 Å². The molecule has 2 aromatic carbocycles. The lowest BCUT2D eigenvalue weighted by molar-refractivity contribution is 0.0471. The average Bonchev–Trinajstić information content (AvgIpc) is 2.43. The molecule has 2 aromatic rings. The molecule has 3 N–H and O–H groups in total. The lowest BCUT2D eigenvalue weighted by Crippen LogP contribution is -2.22. The zero-order chi connectivity index (χ0) is 12.4. The summed E-state index contributed by atoms with van der Waals surface area (Å²) in [5.41, 5.74) is 7.57. The number of rotatable bonds is 2. The second kappa shape index (κ2) is 4.60. The number of nitrogens with one attached hydrogen (secondary N) is 1. The molecule has 18 heavy (non-hydrogen) atoms. The van der Waals surface area contributed by atoms with E-state index >= 15 is 0 Å². The molecule has 90 valence electrons. The zero-order valence-electron chi connectivity index (χ0n) is 9.76. The smallest absolute Gasteiger partial charge is 0.120 e. The first-order chi connectivity index (χ1) is 8.90. The van der Waals surface area contributed by atoms with Crippen LogP contribution in [0, 0.1) is 0 Å². The van der Waals surface area contributed by atoms with Crippen molar-refractivity contribution in [1.82, 2.24) is 5.59 Å². The van der Waals surface area contributed by atoms with Crippen molar-refractivity contribution in [2.75, 3.05) is 0 Å². The maximum atomic E-state index is 5.11. The van der Waals surface area contributed by atoms with E-state index < -0.39 is 0 Å². The van der Waals surface area contributed by atoms with Gasteiger partial charge in [-0.1, -0.05) is 59.3 Å². The third kappa shape index (κ3) is 1.77. The van der Waals surface area contributed by atoms with Gasteiger partial charge < -0.3 is 0 Å². The molecule has 0 heterocycles. The van der Waals surface area contributed by atoms with Gasteiger partial charge in [-0.3, -0.25) is 4.94 Å². The van der Waals surface area contributed by atoms with Crippen LogP contribution in [-0.2, 0) is 11.4 Å². The van der Waals surface area contributed by atoms with Crippen LogP contribution in [-0.4, -0.2) is 5.71 Å². The molecule has 0 amide bonds. The van der Waals surface area contributed by atoms with E-state index in [1.165, 1.54) is 11.1 Å². The van der Waals surface area contributed by atoms with Crippen molar-refractivity contribution in [3.8, 4) is 0 Å². The Morgan fingerprint density at radius 1 is 0.944 bits per heavy atom. The number of fused-ring (bicyclic) bond motifs is 2. The van der Waals surface area contributed by atoms with Gasteiger partial charge in [-0.15, -0.1) is 0 Å². The van der Waals surface area contributed by atoms with Crippen LogP contribution in [0.2, 0.25) is 0 Å². The van der Waals surface area contributed by atoms with Gasteiger partial charge in [0, 0.05) is 11.1 Å². The van der Waals surface area contributed by atoms with Crippen LogP contribution in [0.5, 0.6) is 0 Å². The van der Waals surface area contributed by atoms with E-state index in [1.807, 2.05) is 36.4 Å². The van der Waals surface area contributed by atoms with Crippen LogP contribution in [0.25, 0.3) is 0 Å². The predicted octanol–water partition coefficient (Wildman–Crippen LogP) is 1.74. The fourth-order valence-electron chi connectivity index (χ4n) is 2.33. The molecular formula is C14H13N3O. The van der Waals surface area contributed by atoms with Gasteiger partial charge in [-0.05, 0) is 17.5 Å². The van der Waals surface area contributed by atoms with Crippen LogP contribution >= 0.6 is 0 Å². The Bertz CT molecular complexity index is 560. The third-order valence-corrected chi connectivity index (χ3v) is 3.12. The standard InChI is InChI=1S/C14H13N3O/c15-17-18-16-14-12-7-3-1-5-10(12)9-11-6-2-4-8-13(11)14/h1-8,17H,9,15H2. The average molecular weight is 239 g/mol. The van der Waals surface area contributed by atoms with Crippen LogP contribution in [0.4, 0.5) is 0 Å². The molecule has 0 spiro atoms. The van der Waals surface area contributed by atoms with Gasteiger partial charge in [-0.2, -0.15) is 0 Å². The van der Waals surface area contributed by atoms with Crippen molar-refractivity contribution < 1.29 is 4.94 Å². The van der Waals surface area contributed by atoms with Crippen molar-refractivity contribution in [2.45, 2.75) is 6.42 Å². The molecule has 0 saturated carbocycles. The largest absolute Gasteiger partial charge is 0.284 e. The first-order valence-electron chi connectivity index (χ1n) is 5.76. The van der Waals surface area contributed by atoms with E-state index in [1.54, 1.807) is 0 Å². The Hall–Kier alpha value is -2.17. The highest BCUT2D eigenvalue weighted by atomic mass is 16.8. The first kappa shape index (κ1) is 11.0. The Balaban J connectivity index is 2.18. The summed E-state index contributed by atoms with van der Waals surface area (Å²) in [7, 11) is 0. The molecule has 1 aliphatic rings. The molecule has 0 aromatic heterocycles. The van der Waals surface area contributed by atoms with E-state index in [-0.39, 0.29) is 0 Å². The Kier molecular flexibility index (Phi) is 2.80. The normalized spacial score (nSPS) is 12.6. The Morgan fingerprint density at radius 2 is 1.50 bits per heavy atom. The van der Waals surface area contributed by atoms with Crippen LogP contribution in [0.15, 0.2) is 53.7 Å². The number of hydrogen-bond acceptors (Lipinski definition) is 4. The predicted molar refractivity (Wildman–Crippen MR) is 69.7 cm³/mol. The molecule has 0 atom stereocenters. The Labute approximate surface area is 105 Å². The molecular weight excluding hydrogens is 226 g/mol. The van der Waals surface area contributed by atoms with E-state index in [9.17, 15) is 0 Å². The first-order valence-corrected chi connectivity index (χ1v) is 5.76. The van der Waals surface area contributed by atoms with Crippen LogP contribution in [0.3, 0.4) is 0 Å². The van der Waals surface area contributed by atoms with E-state index in [4.69, 9.17) is 10.8 Å². The highest BCUT2D eigenvalue weighted by Gasteiger charge is 2.21. The van der Waals surface area contributed by atoms with Crippen molar-refractivity contribution in [3.05, 3.63) is 70.8 Å². The monoisotopic (exact) mass is 239 g/mol. The fourth-order valence-corrected chi connectivity index (χ4v) is 2.33. The minimum absolute atomic E-state index is 0.811. The summed E-state index contributed by atoms with van der Waals surface area (Å²) in [5, 5.41) is 4.06. The van der Waals surface area contributed by atoms with Crippen LogP contribution in [0.1, 0.15) is 22.3 Å². The number of hydrazine groups is 1. The molecule has 0 fully saturated rings. The fraction of sp³-hybridized carbons (Fsp3) is 0.0714. The highest BCUT2D eigenvalue weighted by Crippen LogP contribution is 2.27. The highest BCUT2D eigenvalue weighted by molar-refractivity contribution is 6.15. The van der Waals surface area contributed by atoms with Crippen molar-refractivity contribution in [3.63, 3.8) is 0 Å². The number of nitrogens with two attached hydrogens (primary N) is 1. The summed E-state index contributed by atoms with van der Waals surface area (Å²) in [6.07, 6.45) is 0.918. The molecule has 4 nitrogen and oxygen atoms in total. The van der Waals surface area contributed by atoms with Gasteiger partial charge in [0.2, 0.25) is 0 Å². The molecule has 0 unspecified atom stereocenters. The maximum Gasteiger partial charge on any atom is 0.120 e. The molecule has 0 bridgehead atoms. The molecule has 3 rings (SSSR count). The minimum atomic E-state index is 0.811. The molecule has 0 radical (unpaired) electrons. The lowest BCUT2D eigenvalue weighted by atomic mass is 9.85. The summed E-state index contributed by atoms with van der Waals surface area (Å²) in [6, 6.07) is 16.4. The number of hydrogen-bond donors (Lipinski definition) is 2. The molecule has 0 aliphatic heterocycles. The second-order valence-corrected chi connectivity index (χ2v) is 4.14. The van der Waals surface area contributed by atoms with Gasteiger partial charge in [0.25, 0.3) is 0 Å². The number of nitrogens with zero attached hydrogens (tertiary/aromatic N) is 1. The number of oxime groups is 1. The SMILES string of the molecule is NNON=C1c2ccccc2Cc2ccccc21. The molecule has 4 heteroatoms. The number of benzene rings is 2. The zero-order valence-corrected chi connectivity index (χ0v) is 9.76.